The normalized spacial score (nSPS) is 12.1. The minimum absolute atomic E-state index is 0.0712. The molecule has 0 fully saturated rings. The van der Waals surface area contributed by atoms with Crippen molar-refractivity contribution in [3.8, 4) is 11.8 Å². The first-order valence-corrected chi connectivity index (χ1v) is 5.00. The molecule has 1 aromatic carbocycles. The molecule has 2 rings (SSSR count). The minimum Gasteiger partial charge on any atom is -0.323 e. The lowest BCUT2D eigenvalue weighted by atomic mass is 10.2. The molecule has 0 saturated heterocycles. The van der Waals surface area contributed by atoms with E-state index in [1.54, 1.807) is 24.7 Å². The van der Waals surface area contributed by atoms with Crippen LogP contribution in [-0.4, -0.2) is 9.55 Å². The van der Waals surface area contributed by atoms with Crippen LogP contribution in [-0.2, 0) is 0 Å². The van der Waals surface area contributed by atoms with Gasteiger partial charge in [0.25, 0.3) is 0 Å². The third-order valence-corrected chi connectivity index (χ3v) is 2.41. The molecule has 1 unspecified atom stereocenters. The largest absolute Gasteiger partial charge is 0.323 e. The van der Waals surface area contributed by atoms with E-state index < -0.39 is 0 Å². The predicted octanol–water partition coefficient (Wildman–Crippen LogP) is 1.76. The van der Waals surface area contributed by atoms with Crippen molar-refractivity contribution in [2.24, 2.45) is 5.73 Å². The Kier molecular flexibility index (Phi) is 2.71. The van der Waals surface area contributed by atoms with Crippen LogP contribution in [0.3, 0.4) is 0 Å². The number of nitrogens with two attached hydrogens (primary N) is 1. The van der Waals surface area contributed by atoms with E-state index in [1.807, 2.05) is 23.6 Å². The molecular weight excluding hydrogens is 200 g/mol. The highest BCUT2D eigenvalue weighted by Crippen LogP contribution is 2.16. The molecular formula is C12H12N4. The Hall–Kier alpha value is -2.12. The molecule has 0 bridgehead atoms. The smallest absolute Gasteiger partial charge is 0.0994 e. The molecule has 1 atom stereocenters. The van der Waals surface area contributed by atoms with Gasteiger partial charge in [0, 0.05) is 11.7 Å². The maximum absolute atomic E-state index is 8.71. The Morgan fingerprint density at radius 3 is 2.62 bits per heavy atom. The van der Waals surface area contributed by atoms with Gasteiger partial charge in [-0.15, -0.1) is 0 Å². The van der Waals surface area contributed by atoms with Gasteiger partial charge in [-0.3, -0.25) is 0 Å². The molecule has 1 aromatic heterocycles. The van der Waals surface area contributed by atoms with Crippen molar-refractivity contribution in [2.75, 3.05) is 0 Å². The third kappa shape index (κ3) is 1.81. The van der Waals surface area contributed by atoms with Crippen molar-refractivity contribution in [1.29, 1.82) is 5.26 Å². The van der Waals surface area contributed by atoms with Crippen LogP contribution in [0.1, 0.15) is 24.2 Å². The van der Waals surface area contributed by atoms with Crippen LogP contribution in [0.15, 0.2) is 36.8 Å². The molecule has 0 aliphatic carbocycles. The van der Waals surface area contributed by atoms with Crippen molar-refractivity contribution >= 4 is 0 Å². The zero-order chi connectivity index (χ0) is 11.5. The van der Waals surface area contributed by atoms with Crippen LogP contribution in [0.4, 0.5) is 0 Å². The van der Waals surface area contributed by atoms with Gasteiger partial charge in [-0.25, -0.2) is 4.98 Å². The van der Waals surface area contributed by atoms with Crippen molar-refractivity contribution in [3.05, 3.63) is 48.0 Å². The molecule has 0 aliphatic rings. The van der Waals surface area contributed by atoms with Gasteiger partial charge in [-0.2, -0.15) is 5.26 Å². The first-order valence-electron chi connectivity index (χ1n) is 5.00. The van der Waals surface area contributed by atoms with Gasteiger partial charge in [0.1, 0.15) is 0 Å². The Bertz CT molecular complexity index is 517. The summed E-state index contributed by atoms with van der Waals surface area (Å²) in [5, 5.41) is 8.71. The van der Waals surface area contributed by atoms with Gasteiger partial charge < -0.3 is 10.3 Å². The third-order valence-electron chi connectivity index (χ3n) is 2.41. The number of rotatable bonds is 2. The van der Waals surface area contributed by atoms with E-state index in [4.69, 9.17) is 11.0 Å². The zero-order valence-corrected chi connectivity index (χ0v) is 8.96. The summed E-state index contributed by atoms with van der Waals surface area (Å²) >= 11 is 0. The van der Waals surface area contributed by atoms with E-state index >= 15 is 0 Å². The Morgan fingerprint density at radius 1 is 1.38 bits per heavy atom. The number of nitriles is 1. The van der Waals surface area contributed by atoms with Gasteiger partial charge >= 0.3 is 0 Å². The van der Waals surface area contributed by atoms with E-state index in [-0.39, 0.29) is 6.04 Å². The van der Waals surface area contributed by atoms with Crippen molar-refractivity contribution in [1.82, 2.24) is 9.55 Å². The van der Waals surface area contributed by atoms with Crippen LogP contribution < -0.4 is 5.73 Å². The molecule has 4 nitrogen and oxygen atoms in total. The molecule has 4 heteroatoms. The van der Waals surface area contributed by atoms with Gasteiger partial charge in [0.05, 0.1) is 29.9 Å². The summed E-state index contributed by atoms with van der Waals surface area (Å²) in [5.41, 5.74) is 8.39. The van der Waals surface area contributed by atoms with Crippen LogP contribution >= 0.6 is 0 Å². The molecule has 2 N–H and O–H groups in total. The second-order valence-electron chi connectivity index (χ2n) is 3.64. The van der Waals surface area contributed by atoms with E-state index in [0.717, 1.165) is 11.4 Å². The number of hydrogen-bond donors (Lipinski definition) is 1. The lowest BCUT2D eigenvalue weighted by molar-refractivity contribution is 0.752. The predicted molar refractivity (Wildman–Crippen MR) is 60.9 cm³/mol. The van der Waals surface area contributed by atoms with Gasteiger partial charge in [0.15, 0.2) is 0 Å². The fourth-order valence-electron chi connectivity index (χ4n) is 1.55. The first kappa shape index (κ1) is 10.4. The summed E-state index contributed by atoms with van der Waals surface area (Å²) in [6.45, 7) is 1.91. The van der Waals surface area contributed by atoms with Crippen molar-refractivity contribution in [3.63, 3.8) is 0 Å². The maximum Gasteiger partial charge on any atom is 0.0994 e. The van der Waals surface area contributed by atoms with Crippen LogP contribution in [0.2, 0.25) is 0 Å². The monoisotopic (exact) mass is 212 g/mol. The molecule has 2 aromatic rings. The average Bonchev–Trinajstić information content (AvgIpc) is 2.78. The fourth-order valence-corrected chi connectivity index (χ4v) is 1.55. The topological polar surface area (TPSA) is 67.6 Å². The van der Waals surface area contributed by atoms with Crippen molar-refractivity contribution < 1.29 is 0 Å². The highest BCUT2D eigenvalue weighted by atomic mass is 15.1. The molecule has 0 amide bonds. The molecule has 80 valence electrons. The molecule has 0 saturated carbocycles. The highest BCUT2D eigenvalue weighted by molar-refractivity contribution is 5.40. The summed E-state index contributed by atoms with van der Waals surface area (Å²) in [4.78, 5) is 4.08. The first-order chi connectivity index (χ1) is 7.72. The zero-order valence-electron chi connectivity index (χ0n) is 8.96. The molecule has 0 radical (unpaired) electrons. The maximum atomic E-state index is 8.71. The van der Waals surface area contributed by atoms with E-state index in [1.165, 1.54) is 0 Å². The number of aromatic nitrogens is 2. The summed E-state index contributed by atoms with van der Waals surface area (Å²) in [6.07, 6.45) is 3.48. The van der Waals surface area contributed by atoms with Crippen molar-refractivity contribution in [2.45, 2.75) is 13.0 Å². The summed E-state index contributed by atoms with van der Waals surface area (Å²) in [5.74, 6) is 0. The Labute approximate surface area is 94.0 Å². The molecule has 16 heavy (non-hydrogen) atoms. The van der Waals surface area contributed by atoms with Gasteiger partial charge in [-0.05, 0) is 31.2 Å². The standard InChI is InChI=1S/C12H12N4/c1-9(14)12-7-15-8-16(12)11-4-2-10(6-13)3-5-11/h2-5,7-9H,14H2,1H3. The number of imidazole rings is 1. The van der Waals surface area contributed by atoms with Gasteiger partial charge in [-0.1, -0.05) is 0 Å². The lowest BCUT2D eigenvalue weighted by Crippen LogP contribution is -2.10. The lowest BCUT2D eigenvalue weighted by Gasteiger charge is -2.10. The second-order valence-corrected chi connectivity index (χ2v) is 3.64. The average molecular weight is 212 g/mol. The van der Waals surface area contributed by atoms with Crippen LogP contribution in [0.5, 0.6) is 0 Å². The summed E-state index contributed by atoms with van der Waals surface area (Å²) in [7, 11) is 0. The minimum atomic E-state index is -0.0712. The van der Waals surface area contributed by atoms with Gasteiger partial charge in [0.2, 0.25) is 0 Å². The second kappa shape index (κ2) is 4.17. The highest BCUT2D eigenvalue weighted by Gasteiger charge is 2.07. The quantitative estimate of drug-likeness (QED) is 0.824. The van der Waals surface area contributed by atoms with Crippen LogP contribution in [0.25, 0.3) is 5.69 Å². The SMILES string of the molecule is CC(N)c1cncn1-c1ccc(C#N)cc1. The number of benzene rings is 1. The number of hydrogen-bond acceptors (Lipinski definition) is 3. The Balaban J connectivity index is 2.43. The number of nitrogens with zero attached hydrogens (tertiary/aromatic N) is 3. The molecule has 0 spiro atoms. The van der Waals surface area contributed by atoms with E-state index in [2.05, 4.69) is 11.1 Å². The van der Waals surface area contributed by atoms with E-state index in [0.29, 0.717) is 5.56 Å². The Morgan fingerprint density at radius 2 is 2.06 bits per heavy atom. The molecule has 0 aliphatic heterocycles. The van der Waals surface area contributed by atoms with Crippen LogP contribution in [0, 0.1) is 11.3 Å². The van der Waals surface area contributed by atoms with E-state index in [9.17, 15) is 0 Å². The molecule has 1 heterocycles. The summed E-state index contributed by atoms with van der Waals surface area (Å²) in [6, 6.07) is 9.33. The fraction of sp³-hybridized carbons (Fsp3) is 0.167. The summed E-state index contributed by atoms with van der Waals surface area (Å²) < 4.78 is 1.92.